The molecule has 2 aromatic rings. The van der Waals surface area contributed by atoms with Crippen molar-refractivity contribution in [2.75, 3.05) is 25.1 Å². The number of nitrogens with zero attached hydrogens (tertiary/aromatic N) is 2. The third-order valence-electron chi connectivity index (χ3n) is 4.58. The average molecular weight is 408 g/mol. The van der Waals surface area contributed by atoms with Crippen LogP contribution in [0.15, 0.2) is 59.6 Å². The summed E-state index contributed by atoms with van der Waals surface area (Å²) in [5.74, 6) is -0.767. The number of esters is 1. The summed E-state index contributed by atoms with van der Waals surface area (Å²) in [5.41, 5.74) is 2.95. The molecule has 1 heterocycles. The van der Waals surface area contributed by atoms with Crippen LogP contribution in [0.4, 0.5) is 10.5 Å². The summed E-state index contributed by atoms with van der Waals surface area (Å²) in [6.45, 7) is 2.09. The smallest absolute Gasteiger partial charge is 0.316 e. The molecule has 0 unspecified atom stereocenters. The van der Waals surface area contributed by atoms with Crippen molar-refractivity contribution in [2.24, 2.45) is 4.99 Å². The third kappa shape index (κ3) is 4.83. The minimum Gasteiger partial charge on any atom is -0.466 e. The van der Waals surface area contributed by atoms with Crippen LogP contribution in [0.3, 0.4) is 0 Å². The fourth-order valence-corrected chi connectivity index (χ4v) is 3.13. The van der Waals surface area contributed by atoms with Gasteiger partial charge in [-0.1, -0.05) is 48.5 Å². The zero-order chi connectivity index (χ0) is 21.5. The second-order valence-electron chi connectivity index (χ2n) is 6.62. The molecule has 0 saturated carbocycles. The fourth-order valence-electron chi connectivity index (χ4n) is 3.13. The second-order valence-corrected chi connectivity index (χ2v) is 6.62. The number of likely N-dealkylation sites (N-methyl/N-ethyl adjacent to an activating group) is 1. The number of fused-ring (bicyclic) bond motifs is 1. The van der Waals surface area contributed by atoms with Crippen molar-refractivity contribution in [1.82, 2.24) is 10.6 Å². The van der Waals surface area contributed by atoms with E-state index in [2.05, 4.69) is 15.6 Å². The standard InChI is InChI=1S/C22H24N4O4/c1-3-30-18(27)13-14-23-22(29)25-20-21(28)26(2)17-12-8-7-11-16(17)19(24-20)15-9-5-4-6-10-15/h4-12,20H,3,13-14H2,1-2H3,(H2,23,25,29)/t20-/m0/s1. The summed E-state index contributed by atoms with van der Waals surface area (Å²) >= 11 is 0. The number of hydrogen-bond acceptors (Lipinski definition) is 5. The molecule has 8 nitrogen and oxygen atoms in total. The number of benzodiazepines with no additional fused rings is 1. The normalized spacial score (nSPS) is 15.5. The molecule has 1 atom stereocenters. The summed E-state index contributed by atoms with van der Waals surface area (Å²) < 4.78 is 4.83. The number of anilines is 1. The molecular formula is C22H24N4O4. The van der Waals surface area contributed by atoms with E-state index in [9.17, 15) is 14.4 Å². The first-order valence-corrected chi connectivity index (χ1v) is 9.71. The Morgan fingerprint density at radius 1 is 1.10 bits per heavy atom. The Labute approximate surface area is 174 Å². The summed E-state index contributed by atoms with van der Waals surface area (Å²) in [7, 11) is 1.65. The van der Waals surface area contributed by atoms with Crippen LogP contribution in [0.5, 0.6) is 0 Å². The molecule has 2 N–H and O–H groups in total. The lowest BCUT2D eigenvalue weighted by atomic mass is 10.0. The van der Waals surface area contributed by atoms with E-state index in [1.165, 1.54) is 4.90 Å². The Kier molecular flexibility index (Phi) is 6.79. The van der Waals surface area contributed by atoms with Gasteiger partial charge in [0.25, 0.3) is 5.91 Å². The first-order chi connectivity index (χ1) is 14.5. The van der Waals surface area contributed by atoms with Gasteiger partial charge < -0.3 is 20.3 Å². The first-order valence-electron chi connectivity index (χ1n) is 9.71. The number of hydrogen-bond donors (Lipinski definition) is 2. The lowest BCUT2D eigenvalue weighted by Gasteiger charge is -2.21. The maximum Gasteiger partial charge on any atom is 0.316 e. The van der Waals surface area contributed by atoms with E-state index in [1.54, 1.807) is 14.0 Å². The summed E-state index contributed by atoms with van der Waals surface area (Å²) in [6.07, 6.45) is -1.07. The predicted molar refractivity (Wildman–Crippen MR) is 114 cm³/mol. The molecule has 1 aliphatic rings. The third-order valence-corrected chi connectivity index (χ3v) is 4.58. The Morgan fingerprint density at radius 2 is 1.80 bits per heavy atom. The molecule has 0 radical (unpaired) electrons. The maximum absolute atomic E-state index is 13.0. The van der Waals surface area contributed by atoms with Crippen LogP contribution in [0.1, 0.15) is 24.5 Å². The SMILES string of the molecule is CCOC(=O)CCNC(=O)N[C@@H]1N=C(c2ccccc2)c2ccccc2N(C)C1=O. The number of amides is 3. The minimum atomic E-state index is -1.11. The zero-order valence-electron chi connectivity index (χ0n) is 16.9. The minimum absolute atomic E-state index is 0.0454. The van der Waals surface area contributed by atoms with Gasteiger partial charge in [-0.25, -0.2) is 9.79 Å². The highest BCUT2D eigenvalue weighted by atomic mass is 16.5. The Balaban J connectivity index is 1.83. The molecule has 0 aliphatic carbocycles. The molecule has 0 spiro atoms. The molecule has 30 heavy (non-hydrogen) atoms. The molecule has 2 aromatic carbocycles. The van der Waals surface area contributed by atoms with Crippen LogP contribution in [0.25, 0.3) is 0 Å². The van der Waals surface area contributed by atoms with Crippen molar-refractivity contribution in [3.05, 3.63) is 65.7 Å². The van der Waals surface area contributed by atoms with Gasteiger partial charge in [0.05, 0.1) is 24.4 Å². The van der Waals surface area contributed by atoms with Gasteiger partial charge in [0.1, 0.15) is 0 Å². The van der Waals surface area contributed by atoms with Crippen LogP contribution in [-0.4, -0.2) is 50.0 Å². The highest BCUT2D eigenvalue weighted by Gasteiger charge is 2.30. The molecule has 0 saturated heterocycles. The number of rotatable bonds is 6. The van der Waals surface area contributed by atoms with Gasteiger partial charge in [-0.05, 0) is 13.0 Å². The molecule has 0 bridgehead atoms. The Morgan fingerprint density at radius 3 is 2.53 bits per heavy atom. The van der Waals surface area contributed by atoms with Crippen molar-refractivity contribution in [3.63, 3.8) is 0 Å². The molecule has 156 valence electrons. The lowest BCUT2D eigenvalue weighted by molar-refractivity contribution is -0.142. The number of carbonyl (C=O) groups excluding carboxylic acids is 3. The van der Waals surface area contributed by atoms with Crippen molar-refractivity contribution in [3.8, 4) is 0 Å². The van der Waals surface area contributed by atoms with Crippen LogP contribution in [0.2, 0.25) is 0 Å². The van der Waals surface area contributed by atoms with Gasteiger partial charge in [-0.2, -0.15) is 0 Å². The molecule has 1 aliphatic heterocycles. The van der Waals surface area contributed by atoms with E-state index < -0.39 is 18.2 Å². The van der Waals surface area contributed by atoms with Gasteiger partial charge in [0, 0.05) is 24.7 Å². The number of para-hydroxylation sites is 1. The van der Waals surface area contributed by atoms with Crippen molar-refractivity contribution < 1.29 is 19.1 Å². The van der Waals surface area contributed by atoms with E-state index in [4.69, 9.17) is 4.74 Å². The van der Waals surface area contributed by atoms with E-state index >= 15 is 0 Å². The summed E-state index contributed by atoms with van der Waals surface area (Å²) in [4.78, 5) is 42.8. The van der Waals surface area contributed by atoms with Crippen LogP contribution in [-0.2, 0) is 14.3 Å². The number of aliphatic imine (C=N–C) groups is 1. The van der Waals surface area contributed by atoms with Crippen LogP contribution >= 0.6 is 0 Å². The second kappa shape index (κ2) is 9.69. The zero-order valence-corrected chi connectivity index (χ0v) is 16.9. The van der Waals surface area contributed by atoms with Gasteiger partial charge in [0.2, 0.25) is 6.17 Å². The summed E-state index contributed by atoms with van der Waals surface area (Å²) in [5, 5.41) is 5.16. The van der Waals surface area contributed by atoms with E-state index in [0.717, 1.165) is 11.1 Å². The van der Waals surface area contributed by atoms with E-state index in [-0.39, 0.29) is 25.5 Å². The molecule has 8 heteroatoms. The number of ether oxygens (including phenoxy) is 1. The quantitative estimate of drug-likeness (QED) is 0.715. The molecular weight excluding hydrogens is 384 g/mol. The highest BCUT2D eigenvalue weighted by molar-refractivity contribution is 6.20. The van der Waals surface area contributed by atoms with Crippen molar-refractivity contribution in [2.45, 2.75) is 19.5 Å². The Bertz CT molecular complexity index is 959. The summed E-state index contributed by atoms with van der Waals surface area (Å²) in [6, 6.07) is 16.4. The Hall–Kier alpha value is -3.68. The van der Waals surface area contributed by atoms with Crippen molar-refractivity contribution in [1.29, 1.82) is 0 Å². The van der Waals surface area contributed by atoms with Gasteiger partial charge in [0.15, 0.2) is 0 Å². The lowest BCUT2D eigenvalue weighted by Crippen LogP contribution is -2.49. The predicted octanol–water partition coefficient (Wildman–Crippen LogP) is 2.08. The molecule has 3 rings (SSSR count). The monoisotopic (exact) mass is 408 g/mol. The van der Waals surface area contributed by atoms with E-state index in [1.807, 2.05) is 54.6 Å². The topological polar surface area (TPSA) is 100 Å². The van der Waals surface area contributed by atoms with Gasteiger partial charge >= 0.3 is 12.0 Å². The first kappa shape index (κ1) is 21.0. The number of benzene rings is 2. The van der Waals surface area contributed by atoms with Crippen molar-refractivity contribution >= 4 is 29.3 Å². The fraction of sp³-hybridized carbons (Fsp3) is 0.273. The van der Waals surface area contributed by atoms with Crippen LogP contribution < -0.4 is 15.5 Å². The van der Waals surface area contributed by atoms with Gasteiger partial charge in [-0.15, -0.1) is 0 Å². The molecule has 0 fully saturated rings. The number of nitrogens with one attached hydrogen (secondary N) is 2. The molecule has 3 amide bonds. The average Bonchev–Trinajstić information content (AvgIpc) is 2.85. The van der Waals surface area contributed by atoms with E-state index in [0.29, 0.717) is 11.4 Å². The number of carbonyl (C=O) groups is 3. The highest BCUT2D eigenvalue weighted by Crippen LogP contribution is 2.26. The van der Waals surface area contributed by atoms with Crippen LogP contribution in [0, 0.1) is 0 Å². The molecule has 0 aromatic heterocycles. The number of urea groups is 1. The maximum atomic E-state index is 13.0. The largest absolute Gasteiger partial charge is 0.466 e. The van der Waals surface area contributed by atoms with Gasteiger partial charge in [-0.3, -0.25) is 9.59 Å².